The van der Waals surface area contributed by atoms with Crippen LogP contribution in [0.3, 0.4) is 0 Å². The highest BCUT2D eigenvalue weighted by atomic mass is 32.2. The van der Waals surface area contributed by atoms with Gasteiger partial charge in [-0.1, -0.05) is 0 Å². The summed E-state index contributed by atoms with van der Waals surface area (Å²) < 4.78 is 47.1. The van der Waals surface area contributed by atoms with Crippen LogP contribution in [0.2, 0.25) is 0 Å². The first-order valence-corrected chi connectivity index (χ1v) is 5.89. The molecule has 0 aliphatic carbocycles. The molecule has 16 heavy (non-hydrogen) atoms. The van der Waals surface area contributed by atoms with Crippen molar-refractivity contribution in [2.75, 3.05) is 6.26 Å². The number of sulfone groups is 1. The van der Waals surface area contributed by atoms with Crippen molar-refractivity contribution in [3.63, 3.8) is 0 Å². The maximum absolute atomic E-state index is 12.5. The van der Waals surface area contributed by atoms with Crippen molar-refractivity contribution in [3.8, 4) is 0 Å². The summed E-state index contributed by atoms with van der Waals surface area (Å²) in [7, 11) is -3.66. The van der Waals surface area contributed by atoms with Crippen molar-refractivity contribution in [1.29, 1.82) is 0 Å². The van der Waals surface area contributed by atoms with Crippen LogP contribution in [0.15, 0.2) is 23.1 Å². The molecular formula is C8H7F2NO4S. The third kappa shape index (κ3) is 2.51. The summed E-state index contributed by atoms with van der Waals surface area (Å²) >= 11 is 0. The van der Waals surface area contributed by atoms with Crippen molar-refractivity contribution in [2.45, 2.75) is 11.3 Å². The predicted octanol–water partition coefficient (Wildman–Crippen LogP) is 1.94. The van der Waals surface area contributed by atoms with Gasteiger partial charge in [0.1, 0.15) is 0 Å². The molecule has 1 aromatic carbocycles. The number of nitro benzene ring substituents is 1. The van der Waals surface area contributed by atoms with Gasteiger partial charge >= 0.3 is 0 Å². The van der Waals surface area contributed by atoms with Crippen LogP contribution in [0.4, 0.5) is 14.5 Å². The van der Waals surface area contributed by atoms with E-state index in [0.29, 0.717) is 6.07 Å². The standard InChI is InChI=1S/C8H7F2NO4S/c1-16(14,15)5-2-3-7(11(12)13)6(4-5)8(9)10/h2-4,8H,1H3. The first-order chi connectivity index (χ1) is 7.23. The van der Waals surface area contributed by atoms with E-state index in [9.17, 15) is 27.3 Å². The summed E-state index contributed by atoms with van der Waals surface area (Å²) in [6.07, 6.45) is -2.26. The molecule has 0 amide bonds. The maximum atomic E-state index is 12.5. The van der Waals surface area contributed by atoms with Gasteiger partial charge in [0, 0.05) is 12.3 Å². The Kier molecular flexibility index (Phi) is 3.22. The number of nitrogens with zero attached hydrogens (tertiary/aromatic N) is 1. The minimum absolute atomic E-state index is 0.367. The van der Waals surface area contributed by atoms with E-state index >= 15 is 0 Å². The van der Waals surface area contributed by atoms with Crippen molar-refractivity contribution < 1.29 is 22.1 Å². The van der Waals surface area contributed by atoms with Crippen molar-refractivity contribution >= 4 is 15.5 Å². The molecule has 0 aliphatic rings. The first kappa shape index (κ1) is 12.5. The molecule has 5 nitrogen and oxygen atoms in total. The molecule has 0 aliphatic heterocycles. The van der Waals surface area contributed by atoms with E-state index in [1.54, 1.807) is 0 Å². The summed E-state index contributed by atoms with van der Waals surface area (Å²) in [5, 5.41) is 10.4. The minimum Gasteiger partial charge on any atom is -0.258 e. The molecule has 8 heteroatoms. The normalized spacial score (nSPS) is 11.8. The fourth-order valence-electron chi connectivity index (χ4n) is 1.10. The van der Waals surface area contributed by atoms with E-state index in [-0.39, 0.29) is 4.90 Å². The third-order valence-electron chi connectivity index (χ3n) is 1.86. The quantitative estimate of drug-likeness (QED) is 0.607. The van der Waals surface area contributed by atoms with Crippen LogP contribution in [0.25, 0.3) is 0 Å². The van der Waals surface area contributed by atoms with Gasteiger partial charge in [0.25, 0.3) is 12.1 Å². The van der Waals surface area contributed by atoms with E-state index in [2.05, 4.69) is 0 Å². The molecule has 1 aromatic rings. The van der Waals surface area contributed by atoms with Gasteiger partial charge in [-0.3, -0.25) is 10.1 Å². The van der Waals surface area contributed by atoms with Gasteiger partial charge in [-0.15, -0.1) is 0 Å². The minimum atomic E-state index is -3.66. The van der Waals surface area contributed by atoms with E-state index in [4.69, 9.17) is 0 Å². The highest BCUT2D eigenvalue weighted by molar-refractivity contribution is 7.90. The highest BCUT2D eigenvalue weighted by Crippen LogP contribution is 2.30. The average Bonchev–Trinajstić information content (AvgIpc) is 2.15. The van der Waals surface area contributed by atoms with Crippen molar-refractivity contribution in [2.24, 2.45) is 0 Å². The van der Waals surface area contributed by atoms with Crippen LogP contribution in [0, 0.1) is 10.1 Å². The van der Waals surface area contributed by atoms with E-state index in [1.165, 1.54) is 0 Å². The Balaban J connectivity index is 3.46. The Hall–Kier alpha value is -1.57. The molecule has 0 radical (unpaired) electrons. The second-order valence-electron chi connectivity index (χ2n) is 3.05. The summed E-state index contributed by atoms with van der Waals surface area (Å²) in [5.41, 5.74) is -1.68. The monoisotopic (exact) mass is 251 g/mol. The zero-order valence-corrected chi connectivity index (χ0v) is 8.87. The van der Waals surface area contributed by atoms with Crippen molar-refractivity contribution in [1.82, 2.24) is 0 Å². The fraction of sp³-hybridized carbons (Fsp3) is 0.250. The fourth-order valence-corrected chi connectivity index (χ4v) is 1.76. The molecule has 0 atom stereocenters. The van der Waals surface area contributed by atoms with Gasteiger partial charge in [-0.25, -0.2) is 17.2 Å². The van der Waals surface area contributed by atoms with E-state index < -0.39 is 32.4 Å². The Morgan fingerprint density at radius 1 is 1.38 bits per heavy atom. The smallest absolute Gasteiger partial charge is 0.258 e. The van der Waals surface area contributed by atoms with Gasteiger partial charge in [-0.2, -0.15) is 0 Å². The van der Waals surface area contributed by atoms with Gasteiger partial charge in [0.2, 0.25) is 0 Å². The largest absolute Gasteiger partial charge is 0.278 e. The van der Waals surface area contributed by atoms with Crippen LogP contribution in [-0.4, -0.2) is 19.6 Å². The lowest BCUT2D eigenvalue weighted by molar-refractivity contribution is -0.386. The second-order valence-corrected chi connectivity index (χ2v) is 5.07. The van der Waals surface area contributed by atoms with Crippen LogP contribution in [0.5, 0.6) is 0 Å². The molecule has 0 N–H and O–H groups in total. The molecule has 0 heterocycles. The molecule has 0 bridgehead atoms. The molecule has 0 saturated carbocycles. The molecule has 0 aromatic heterocycles. The zero-order valence-electron chi connectivity index (χ0n) is 8.05. The second kappa shape index (κ2) is 4.12. The highest BCUT2D eigenvalue weighted by Gasteiger charge is 2.23. The molecule has 88 valence electrons. The van der Waals surface area contributed by atoms with Crippen LogP contribution >= 0.6 is 0 Å². The summed E-state index contributed by atoms with van der Waals surface area (Å²) in [6.45, 7) is 0. The SMILES string of the molecule is CS(=O)(=O)c1ccc([N+](=O)[O-])c(C(F)F)c1. The molecule has 0 saturated heterocycles. The number of halogens is 2. The number of hydrogen-bond acceptors (Lipinski definition) is 4. The Bertz CT molecular complexity index is 527. The predicted molar refractivity (Wildman–Crippen MR) is 51.2 cm³/mol. The number of benzene rings is 1. The first-order valence-electron chi connectivity index (χ1n) is 4.00. The summed E-state index contributed by atoms with van der Waals surface area (Å²) in [5.74, 6) is 0. The Morgan fingerprint density at radius 2 is 1.94 bits per heavy atom. The zero-order chi connectivity index (χ0) is 12.5. The Morgan fingerprint density at radius 3 is 2.31 bits per heavy atom. The number of nitro groups is 1. The van der Waals surface area contributed by atoms with Gasteiger partial charge in [-0.05, 0) is 12.1 Å². The van der Waals surface area contributed by atoms with Gasteiger partial charge < -0.3 is 0 Å². The van der Waals surface area contributed by atoms with E-state index in [1.807, 2.05) is 0 Å². The number of hydrogen-bond donors (Lipinski definition) is 0. The summed E-state index contributed by atoms with van der Waals surface area (Å²) in [4.78, 5) is 9.06. The lowest BCUT2D eigenvalue weighted by atomic mass is 10.2. The average molecular weight is 251 g/mol. The topological polar surface area (TPSA) is 77.3 Å². The number of alkyl halides is 2. The van der Waals surface area contributed by atoms with E-state index in [0.717, 1.165) is 18.4 Å². The van der Waals surface area contributed by atoms with Gasteiger partial charge in [0.05, 0.1) is 15.4 Å². The number of rotatable bonds is 3. The van der Waals surface area contributed by atoms with Gasteiger partial charge in [0.15, 0.2) is 9.84 Å². The molecule has 0 spiro atoms. The molecule has 0 fully saturated rings. The lowest BCUT2D eigenvalue weighted by Gasteiger charge is -2.04. The van der Waals surface area contributed by atoms with Crippen LogP contribution < -0.4 is 0 Å². The lowest BCUT2D eigenvalue weighted by Crippen LogP contribution is -2.01. The maximum Gasteiger partial charge on any atom is 0.278 e. The van der Waals surface area contributed by atoms with Crippen LogP contribution in [0.1, 0.15) is 12.0 Å². The molecular weight excluding hydrogens is 244 g/mol. The molecule has 1 rings (SSSR count). The summed E-state index contributed by atoms with van der Waals surface area (Å²) in [6, 6.07) is 2.31. The third-order valence-corrected chi connectivity index (χ3v) is 2.97. The molecule has 0 unspecified atom stereocenters. The van der Waals surface area contributed by atoms with Crippen molar-refractivity contribution in [3.05, 3.63) is 33.9 Å². The van der Waals surface area contributed by atoms with Crippen LogP contribution in [-0.2, 0) is 9.84 Å². The Labute approximate surface area is 89.8 Å².